The maximum atomic E-state index is 12.5. The Morgan fingerprint density at radius 3 is 2.83 bits per heavy atom. The number of carbonyl (C=O) groups excluding carboxylic acids is 1. The van der Waals surface area contributed by atoms with Crippen LogP contribution in [-0.2, 0) is 18.3 Å². The van der Waals surface area contributed by atoms with E-state index >= 15 is 0 Å². The molecule has 0 spiro atoms. The van der Waals surface area contributed by atoms with Crippen LogP contribution in [0.5, 0.6) is 5.75 Å². The number of nitrogens with one attached hydrogen (secondary N) is 2. The highest BCUT2D eigenvalue weighted by Gasteiger charge is 2.34. The SMILES string of the molecule is COc1ccc(CCNC(=O)[C@H]2CNC[C@@H]2c2cnn(C)c2)cc1. The molecule has 1 amide bonds. The normalized spacial score (nSPS) is 20.1. The third kappa shape index (κ3) is 3.76. The molecule has 0 unspecified atom stereocenters. The van der Waals surface area contributed by atoms with Gasteiger partial charge in [0, 0.05) is 38.8 Å². The average Bonchev–Trinajstić information content (AvgIpc) is 3.24. The van der Waals surface area contributed by atoms with Gasteiger partial charge in [-0.2, -0.15) is 5.10 Å². The Morgan fingerprint density at radius 1 is 1.38 bits per heavy atom. The van der Waals surface area contributed by atoms with Gasteiger partial charge in [-0.25, -0.2) is 0 Å². The molecule has 1 aliphatic rings. The van der Waals surface area contributed by atoms with Crippen molar-refractivity contribution in [3.63, 3.8) is 0 Å². The minimum Gasteiger partial charge on any atom is -0.497 e. The summed E-state index contributed by atoms with van der Waals surface area (Å²) in [4.78, 5) is 12.5. The summed E-state index contributed by atoms with van der Waals surface area (Å²) in [5.74, 6) is 1.12. The van der Waals surface area contributed by atoms with Gasteiger partial charge in [0.05, 0.1) is 19.2 Å². The third-order valence-electron chi connectivity index (χ3n) is 4.58. The van der Waals surface area contributed by atoms with E-state index in [0.717, 1.165) is 24.3 Å². The van der Waals surface area contributed by atoms with E-state index in [4.69, 9.17) is 4.74 Å². The number of aryl methyl sites for hydroxylation is 1. The molecule has 0 bridgehead atoms. The fourth-order valence-corrected chi connectivity index (χ4v) is 3.19. The number of rotatable bonds is 6. The zero-order valence-electron chi connectivity index (χ0n) is 14.2. The molecule has 1 saturated heterocycles. The summed E-state index contributed by atoms with van der Waals surface area (Å²) in [6.07, 6.45) is 4.66. The van der Waals surface area contributed by atoms with Gasteiger partial charge >= 0.3 is 0 Å². The highest BCUT2D eigenvalue weighted by molar-refractivity contribution is 5.80. The van der Waals surface area contributed by atoms with Crippen LogP contribution < -0.4 is 15.4 Å². The van der Waals surface area contributed by atoms with Crippen LogP contribution in [0.15, 0.2) is 36.7 Å². The highest BCUT2D eigenvalue weighted by atomic mass is 16.5. The predicted octanol–water partition coefficient (Wildman–Crippen LogP) is 1.09. The van der Waals surface area contributed by atoms with E-state index in [-0.39, 0.29) is 17.7 Å². The first-order chi connectivity index (χ1) is 11.7. The smallest absolute Gasteiger partial charge is 0.225 e. The van der Waals surface area contributed by atoms with Gasteiger partial charge in [-0.3, -0.25) is 9.48 Å². The minimum absolute atomic E-state index is 0.0370. The standard InChI is InChI=1S/C18H24N4O2/c1-22-12-14(9-21-22)16-10-19-11-17(16)18(23)20-8-7-13-3-5-15(24-2)6-4-13/h3-6,9,12,16-17,19H,7-8,10-11H2,1-2H3,(H,20,23)/t16-,17+/m1/s1. The number of hydrogen-bond acceptors (Lipinski definition) is 4. The van der Waals surface area contributed by atoms with Gasteiger partial charge in [0.1, 0.15) is 5.75 Å². The lowest BCUT2D eigenvalue weighted by atomic mass is 9.90. The Balaban J connectivity index is 1.52. The van der Waals surface area contributed by atoms with Crippen molar-refractivity contribution in [3.8, 4) is 5.75 Å². The van der Waals surface area contributed by atoms with Crippen molar-refractivity contribution in [2.45, 2.75) is 12.3 Å². The Kier molecular flexibility index (Phi) is 5.15. The first kappa shape index (κ1) is 16.5. The minimum atomic E-state index is -0.0370. The van der Waals surface area contributed by atoms with Crippen molar-refractivity contribution in [2.24, 2.45) is 13.0 Å². The highest BCUT2D eigenvalue weighted by Crippen LogP contribution is 2.27. The summed E-state index contributed by atoms with van der Waals surface area (Å²) in [5.41, 5.74) is 2.31. The number of hydrogen-bond donors (Lipinski definition) is 2. The van der Waals surface area contributed by atoms with Gasteiger partial charge in [0.15, 0.2) is 0 Å². The summed E-state index contributed by atoms with van der Waals surface area (Å²) in [7, 11) is 3.55. The number of aromatic nitrogens is 2. The molecule has 1 aliphatic heterocycles. The van der Waals surface area contributed by atoms with Crippen LogP contribution in [0.3, 0.4) is 0 Å². The second-order valence-electron chi connectivity index (χ2n) is 6.21. The van der Waals surface area contributed by atoms with Crippen LogP contribution >= 0.6 is 0 Å². The monoisotopic (exact) mass is 328 g/mol. The van der Waals surface area contributed by atoms with Gasteiger partial charge in [-0.05, 0) is 29.7 Å². The van der Waals surface area contributed by atoms with Crippen molar-refractivity contribution in [3.05, 3.63) is 47.8 Å². The number of nitrogens with zero attached hydrogens (tertiary/aromatic N) is 2. The van der Waals surface area contributed by atoms with Crippen LogP contribution in [-0.4, -0.2) is 42.4 Å². The Hall–Kier alpha value is -2.34. The number of benzene rings is 1. The second kappa shape index (κ2) is 7.49. The third-order valence-corrected chi connectivity index (χ3v) is 4.58. The molecule has 3 rings (SSSR count). The fourth-order valence-electron chi connectivity index (χ4n) is 3.19. The van der Waals surface area contributed by atoms with Crippen LogP contribution in [0.4, 0.5) is 0 Å². The quantitative estimate of drug-likeness (QED) is 0.833. The van der Waals surface area contributed by atoms with E-state index in [0.29, 0.717) is 13.1 Å². The van der Waals surface area contributed by atoms with E-state index in [1.807, 2.05) is 43.7 Å². The summed E-state index contributed by atoms with van der Waals surface area (Å²) < 4.78 is 6.94. The number of methoxy groups -OCH3 is 1. The predicted molar refractivity (Wildman–Crippen MR) is 92.0 cm³/mol. The molecular weight excluding hydrogens is 304 g/mol. The largest absolute Gasteiger partial charge is 0.497 e. The molecule has 6 nitrogen and oxygen atoms in total. The Bertz CT molecular complexity index is 681. The molecule has 0 radical (unpaired) electrons. The summed E-state index contributed by atoms with van der Waals surface area (Å²) >= 11 is 0. The molecule has 1 aromatic heterocycles. The van der Waals surface area contributed by atoms with E-state index in [2.05, 4.69) is 15.7 Å². The molecule has 2 aromatic rings. The molecule has 6 heteroatoms. The van der Waals surface area contributed by atoms with Crippen LogP contribution in [0, 0.1) is 5.92 Å². The lowest BCUT2D eigenvalue weighted by molar-refractivity contribution is -0.124. The summed E-state index contributed by atoms with van der Waals surface area (Å²) in [6, 6.07) is 7.94. The van der Waals surface area contributed by atoms with Crippen molar-refractivity contribution in [1.82, 2.24) is 20.4 Å². The van der Waals surface area contributed by atoms with Gasteiger partial charge < -0.3 is 15.4 Å². The van der Waals surface area contributed by atoms with Crippen molar-refractivity contribution in [1.29, 1.82) is 0 Å². The van der Waals surface area contributed by atoms with Gasteiger partial charge in [-0.15, -0.1) is 0 Å². The molecule has 0 aliphatic carbocycles. The molecule has 2 heterocycles. The zero-order chi connectivity index (χ0) is 16.9. The van der Waals surface area contributed by atoms with Gasteiger partial charge in [0.2, 0.25) is 5.91 Å². The number of carbonyl (C=O) groups is 1. The molecule has 1 fully saturated rings. The average molecular weight is 328 g/mol. The van der Waals surface area contributed by atoms with Crippen LogP contribution in [0.2, 0.25) is 0 Å². The molecule has 0 saturated carbocycles. The lowest BCUT2D eigenvalue weighted by Gasteiger charge is -2.17. The maximum absolute atomic E-state index is 12.5. The first-order valence-corrected chi connectivity index (χ1v) is 8.27. The molecule has 1 aromatic carbocycles. The van der Waals surface area contributed by atoms with Crippen molar-refractivity contribution < 1.29 is 9.53 Å². The Morgan fingerprint density at radius 2 is 2.17 bits per heavy atom. The molecule has 24 heavy (non-hydrogen) atoms. The van der Waals surface area contributed by atoms with Crippen molar-refractivity contribution >= 4 is 5.91 Å². The van der Waals surface area contributed by atoms with Crippen molar-refractivity contribution in [2.75, 3.05) is 26.7 Å². The fraction of sp³-hybridized carbons (Fsp3) is 0.444. The maximum Gasteiger partial charge on any atom is 0.225 e. The zero-order valence-corrected chi connectivity index (χ0v) is 14.2. The Labute approximate surface area is 142 Å². The molecule has 2 atom stereocenters. The molecular formula is C18H24N4O2. The van der Waals surface area contributed by atoms with Gasteiger partial charge in [0.25, 0.3) is 0 Å². The summed E-state index contributed by atoms with van der Waals surface area (Å²) in [5, 5.41) is 10.6. The van der Waals surface area contributed by atoms with E-state index < -0.39 is 0 Å². The van der Waals surface area contributed by atoms with E-state index in [1.165, 1.54) is 5.56 Å². The van der Waals surface area contributed by atoms with Crippen LogP contribution in [0.25, 0.3) is 0 Å². The van der Waals surface area contributed by atoms with Gasteiger partial charge in [-0.1, -0.05) is 12.1 Å². The topological polar surface area (TPSA) is 68.2 Å². The van der Waals surface area contributed by atoms with E-state index in [1.54, 1.807) is 11.8 Å². The lowest BCUT2D eigenvalue weighted by Crippen LogP contribution is -2.35. The number of amides is 1. The molecule has 2 N–H and O–H groups in total. The first-order valence-electron chi connectivity index (χ1n) is 8.27. The molecule has 128 valence electrons. The van der Waals surface area contributed by atoms with E-state index in [9.17, 15) is 4.79 Å². The number of ether oxygens (including phenoxy) is 1. The van der Waals surface area contributed by atoms with Crippen LogP contribution in [0.1, 0.15) is 17.0 Å². The second-order valence-corrected chi connectivity index (χ2v) is 6.21. The summed E-state index contributed by atoms with van der Waals surface area (Å²) in [6.45, 7) is 2.18.